The van der Waals surface area contributed by atoms with E-state index < -0.39 is 29.1 Å². The number of nitrogens with zero attached hydrogens (tertiary/aromatic N) is 1. The number of rotatable bonds is 13. The molecule has 1 aliphatic rings. The van der Waals surface area contributed by atoms with Crippen LogP contribution in [0.3, 0.4) is 0 Å². The lowest BCUT2D eigenvalue weighted by Gasteiger charge is -2.31. The van der Waals surface area contributed by atoms with Gasteiger partial charge in [-0.1, -0.05) is 47.5 Å². The summed E-state index contributed by atoms with van der Waals surface area (Å²) in [7, 11) is 0. The predicted octanol–water partition coefficient (Wildman–Crippen LogP) is 6.63. The Balaban J connectivity index is 1.72. The topological polar surface area (TPSA) is 106 Å². The number of esters is 1. The number of aliphatic imine (C=N–C) groups is 1. The smallest absolute Gasteiger partial charge is 0.306 e. The SMILES string of the molecule is CC(C)(C)OC(=O)CC[C@@]1(C(=O)NCCc2ccccc2F)N=C(c2ccc(OCCCO)cc2)O[C@@H]1c1ccc(Cl)cc1Cl. The number of ether oxygens (including phenoxy) is 3. The van der Waals surface area contributed by atoms with Gasteiger partial charge in [0.05, 0.1) is 6.61 Å². The number of amides is 1. The van der Waals surface area contributed by atoms with Gasteiger partial charge in [0.15, 0.2) is 11.6 Å². The van der Waals surface area contributed by atoms with Crippen molar-refractivity contribution in [2.24, 2.45) is 4.99 Å². The van der Waals surface area contributed by atoms with Gasteiger partial charge in [-0.25, -0.2) is 9.38 Å². The van der Waals surface area contributed by atoms with Crippen LogP contribution in [0.15, 0.2) is 71.7 Å². The molecule has 1 heterocycles. The molecule has 0 spiro atoms. The molecule has 2 atom stereocenters. The van der Waals surface area contributed by atoms with Crippen molar-refractivity contribution in [3.63, 3.8) is 0 Å². The number of nitrogens with one attached hydrogen (secondary N) is 1. The molecule has 3 aromatic carbocycles. The second kappa shape index (κ2) is 15.1. The quantitative estimate of drug-likeness (QED) is 0.158. The van der Waals surface area contributed by atoms with Gasteiger partial charge in [0.1, 0.15) is 17.2 Å². The fraction of sp³-hybridized carbons (Fsp3) is 0.382. The van der Waals surface area contributed by atoms with E-state index in [9.17, 15) is 14.0 Å². The highest BCUT2D eigenvalue weighted by molar-refractivity contribution is 6.35. The van der Waals surface area contributed by atoms with Gasteiger partial charge in [-0.05, 0) is 81.6 Å². The molecule has 0 aliphatic carbocycles. The van der Waals surface area contributed by atoms with Crippen LogP contribution in [0.25, 0.3) is 0 Å². The third-order valence-corrected chi connectivity index (χ3v) is 7.61. The van der Waals surface area contributed by atoms with Gasteiger partial charge in [-0.2, -0.15) is 0 Å². The lowest BCUT2D eigenvalue weighted by molar-refractivity contribution is -0.155. The average molecular weight is 660 g/mol. The number of aliphatic hydroxyl groups excluding tert-OH is 1. The minimum absolute atomic E-state index is 0.0190. The van der Waals surface area contributed by atoms with Crippen LogP contribution in [-0.2, 0) is 25.5 Å². The lowest BCUT2D eigenvalue weighted by atomic mass is 9.83. The Labute approximate surface area is 272 Å². The molecule has 1 aliphatic heterocycles. The maximum absolute atomic E-state index is 14.3. The highest BCUT2D eigenvalue weighted by atomic mass is 35.5. The number of hydrogen-bond acceptors (Lipinski definition) is 7. The molecule has 0 saturated carbocycles. The largest absolute Gasteiger partial charge is 0.494 e. The van der Waals surface area contributed by atoms with E-state index in [0.29, 0.717) is 40.5 Å². The molecule has 0 aromatic heterocycles. The molecule has 0 saturated heterocycles. The first-order valence-corrected chi connectivity index (χ1v) is 15.5. The van der Waals surface area contributed by atoms with Gasteiger partial charge >= 0.3 is 5.97 Å². The predicted molar refractivity (Wildman–Crippen MR) is 171 cm³/mol. The Kier molecular flexibility index (Phi) is 11.5. The van der Waals surface area contributed by atoms with Gasteiger partial charge in [0.2, 0.25) is 5.90 Å². The molecular formula is C34H37Cl2FN2O6. The first-order valence-electron chi connectivity index (χ1n) is 14.7. The highest BCUT2D eigenvalue weighted by Crippen LogP contribution is 2.45. The Morgan fingerprint density at radius 1 is 1.09 bits per heavy atom. The molecule has 0 radical (unpaired) electrons. The highest BCUT2D eigenvalue weighted by Gasteiger charge is 2.54. The second-order valence-electron chi connectivity index (χ2n) is 11.6. The summed E-state index contributed by atoms with van der Waals surface area (Å²) < 4.78 is 31.9. The van der Waals surface area contributed by atoms with E-state index in [4.69, 9.17) is 47.5 Å². The molecule has 0 fully saturated rings. The fourth-order valence-electron chi connectivity index (χ4n) is 4.91. The van der Waals surface area contributed by atoms with E-state index in [0.717, 1.165) is 0 Å². The summed E-state index contributed by atoms with van der Waals surface area (Å²) >= 11 is 12.8. The molecule has 2 N–H and O–H groups in total. The summed E-state index contributed by atoms with van der Waals surface area (Å²) in [6.07, 6.45) is -0.510. The van der Waals surface area contributed by atoms with Gasteiger partial charge in [-0.15, -0.1) is 0 Å². The van der Waals surface area contributed by atoms with Gasteiger partial charge < -0.3 is 24.6 Å². The van der Waals surface area contributed by atoms with Crippen LogP contribution in [0.2, 0.25) is 10.0 Å². The third-order valence-electron chi connectivity index (χ3n) is 7.04. The van der Waals surface area contributed by atoms with Crippen molar-refractivity contribution in [2.75, 3.05) is 19.8 Å². The molecule has 1 amide bonds. The first kappa shape index (κ1) is 34.2. The number of halogens is 3. The molecule has 240 valence electrons. The monoisotopic (exact) mass is 658 g/mol. The first-order chi connectivity index (χ1) is 21.4. The van der Waals surface area contributed by atoms with Crippen LogP contribution < -0.4 is 10.1 Å². The van der Waals surface area contributed by atoms with Crippen LogP contribution in [0.4, 0.5) is 4.39 Å². The minimum atomic E-state index is -1.64. The second-order valence-corrected chi connectivity index (χ2v) is 12.5. The van der Waals surface area contributed by atoms with Crippen molar-refractivity contribution in [3.05, 3.63) is 99.3 Å². The van der Waals surface area contributed by atoms with Crippen molar-refractivity contribution in [1.82, 2.24) is 5.32 Å². The Morgan fingerprint density at radius 2 is 1.82 bits per heavy atom. The van der Waals surface area contributed by atoms with Crippen LogP contribution in [0.1, 0.15) is 62.8 Å². The molecule has 8 nitrogen and oxygen atoms in total. The average Bonchev–Trinajstić information content (AvgIpc) is 3.37. The van der Waals surface area contributed by atoms with Gasteiger partial charge in [0, 0.05) is 47.2 Å². The fourth-order valence-corrected chi connectivity index (χ4v) is 5.42. The molecular weight excluding hydrogens is 622 g/mol. The summed E-state index contributed by atoms with van der Waals surface area (Å²) in [5, 5.41) is 12.6. The molecule has 4 rings (SSSR count). The van der Waals surface area contributed by atoms with E-state index in [1.165, 1.54) is 6.07 Å². The zero-order valence-electron chi connectivity index (χ0n) is 25.4. The summed E-state index contributed by atoms with van der Waals surface area (Å²) in [4.78, 5) is 32.0. The summed E-state index contributed by atoms with van der Waals surface area (Å²) in [6, 6.07) is 18.2. The maximum atomic E-state index is 14.3. The van der Waals surface area contributed by atoms with Crippen molar-refractivity contribution < 1.29 is 33.3 Å². The van der Waals surface area contributed by atoms with E-state index in [1.54, 1.807) is 81.4 Å². The van der Waals surface area contributed by atoms with Gasteiger partial charge in [-0.3, -0.25) is 9.59 Å². The number of hydrogen-bond donors (Lipinski definition) is 2. The number of carbonyl (C=O) groups excluding carboxylic acids is 2. The van der Waals surface area contributed by atoms with Crippen LogP contribution in [0, 0.1) is 5.82 Å². The van der Waals surface area contributed by atoms with Crippen molar-refractivity contribution >= 4 is 41.0 Å². The van der Waals surface area contributed by atoms with E-state index >= 15 is 0 Å². The van der Waals surface area contributed by atoms with E-state index in [2.05, 4.69) is 5.32 Å². The third kappa shape index (κ3) is 8.96. The summed E-state index contributed by atoms with van der Waals surface area (Å²) in [5.41, 5.74) is -0.900. The molecule has 45 heavy (non-hydrogen) atoms. The molecule has 0 unspecified atom stereocenters. The van der Waals surface area contributed by atoms with Crippen molar-refractivity contribution in [1.29, 1.82) is 0 Å². The Hall–Kier alpha value is -3.66. The molecule has 3 aromatic rings. The summed E-state index contributed by atoms with van der Waals surface area (Å²) in [5.74, 6) is -0.635. The molecule has 0 bridgehead atoms. The summed E-state index contributed by atoms with van der Waals surface area (Å²) in [6.45, 7) is 5.77. The zero-order valence-corrected chi connectivity index (χ0v) is 27.0. The van der Waals surface area contributed by atoms with Crippen molar-refractivity contribution in [2.45, 2.75) is 63.7 Å². The van der Waals surface area contributed by atoms with E-state index in [-0.39, 0.29) is 49.2 Å². The zero-order chi connectivity index (χ0) is 32.6. The van der Waals surface area contributed by atoms with Gasteiger partial charge in [0.25, 0.3) is 5.91 Å². The van der Waals surface area contributed by atoms with Crippen LogP contribution in [0.5, 0.6) is 5.75 Å². The van der Waals surface area contributed by atoms with Crippen molar-refractivity contribution in [3.8, 4) is 5.75 Å². The molecule has 11 heteroatoms. The number of aliphatic hydroxyl groups is 1. The number of carbonyl (C=O) groups is 2. The maximum Gasteiger partial charge on any atom is 0.306 e. The Bertz CT molecular complexity index is 1530. The Morgan fingerprint density at radius 3 is 2.49 bits per heavy atom. The minimum Gasteiger partial charge on any atom is -0.494 e. The number of benzene rings is 3. The van der Waals surface area contributed by atoms with E-state index in [1.807, 2.05) is 0 Å². The van der Waals surface area contributed by atoms with Crippen LogP contribution in [-0.4, -0.2) is 53.8 Å². The normalized spacial score (nSPS) is 17.8. The lowest BCUT2D eigenvalue weighted by Crippen LogP contribution is -2.49. The van der Waals surface area contributed by atoms with Crippen LogP contribution >= 0.6 is 23.2 Å². The standard InChI is InChI=1S/C34H37Cl2FN2O6/c1-33(2,3)45-29(41)15-17-34(32(42)38-18-16-22-7-4-5-8-28(22)37)30(26-14-11-24(35)21-27(26)36)44-31(39-34)23-9-12-25(13-10-23)43-20-6-19-40/h4-5,7-14,21,30,40H,6,15-20H2,1-3H3,(H,38,42)/t30-,34-/m1/s1.